The molecule has 1 aliphatic heterocycles. The minimum atomic E-state index is -0.823. The average Bonchev–Trinajstić information content (AvgIpc) is 2.83. The molecule has 0 spiro atoms. The van der Waals surface area contributed by atoms with E-state index in [2.05, 4.69) is 22.3 Å². The van der Waals surface area contributed by atoms with Crippen molar-refractivity contribution in [3.05, 3.63) is 71.3 Å². The first-order valence-corrected chi connectivity index (χ1v) is 11.3. The third-order valence-corrected chi connectivity index (χ3v) is 5.73. The lowest BCUT2D eigenvalue weighted by molar-refractivity contribution is -0.138. The summed E-state index contributed by atoms with van der Waals surface area (Å²) < 4.78 is 4.80. The van der Waals surface area contributed by atoms with Crippen molar-refractivity contribution in [3.63, 3.8) is 0 Å². The van der Waals surface area contributed by atoms with Crippen LogP contribution >= 0.6 is 0 Å². The van der Waals surface area contributed by atoms with Crippen LogP contribution in [0.4, 0.5) is 4.79 Å². The highest BCUT2D eigenvalue weighted by atomic mass is 16.5. The van der Waals surface area contributed by atoms with E-state index in [1.165, 1.54) is 5.56 Å². The summed E-state index contributed by atoms with van der Waals surface area (Å²) in [6.45, 7) is 5.59. The predicted molar refractivity (Wildman–Crippen MR) is 125 cm³/mol. The Balaban J connectivity index is 1.59. The highest BCUT2D eigenvalue weighted by Crippen LogP contribution is 2.13. The molecule has 1 heterocycles. The Morgan fingerprint density at radius 2 is 1.58 bits per heavy atom. The van der Waals surface area contributed by atoms with Crippen LogP contribution in [0.5, 0.6) is 0 Å². The normalized spacial score (nSPS) is 15.0. The van der Waals surface area contributed by atoms with Gasteiger partial charge in [0.1, 0.15) is 12.6 Å². The lowest BCUT2D eigenvalue weighted by Crippen LogP contribution is -2.55. The van der Waals surface area contributed by atoms with E-state index in [1.54, 1.807) is 6.92 Å². The van der Waals surface area contributed by atoms with Crippen molar-refractivity contribution in [1.82, 2.24) is 15.1 Å². The Hall–Kier alpha value is -3.39. The zero-order chi connectivity index (χ0) is 23.6. The maximum Gasteiger partial charge on any atom is 0.404 e. The zero-order valence-corrected chi connectivity index (χ0v) is 19.0. The van der Waals surface area contributed by atoms with E-state index in [1.807, 2.05) is 47.4 Å². The number of nitrogens with two attached hydrogens (primary N) is 1. The number of rotatable bonds is 9. The van der Waals surface area contributed by atoms with Gasteiger partial charge in [0, 0.05) is 45.6 Å². The molecule has 1 atom stereocenters. The third kappa shape index (κ3) is 7.61. The molecule has 176 valence electrons. The Kier molecular flexibility index (Phi) is 8.83. The van der Waals surface area contributed by atoms with Gasteiger partial charge in [-0.2, -0.15) is 0 Å². The van der Waals surface area contributed by atoms with Gasteiger partial charge < -0.3 is 20.7 Å². The van der Waals surface area contributed by atoms with Gasteiger partial charge in [-0.25, -0.2) is 4.79 Å². The molecule has 3 N–H and O–H groups in total. The molecule has 3 amide bonds. The molecule has 2 aromatic carbocycles. The van der Waals surface area contributed by atoms with Crippen LogP contribution in [0.2, 0.25) is 0 Å². The van der Waals surface area contributed by atoms with Crippen molar-refractivity contribution in [1.29, 1.82) is 0 Å². The quantitative estimate of drug-likeness (QED) is 0.606. The summed E-state index contributed by atoms with van der Waals surface area (Å²) >= 11 is 0. The fourth-order valence-electron chi connectivity index (χ4n) is 3.85. The maximum absolute atomic E-state index is 13.3. The van der Waals surface area contributed by atoms with Crippen LogP contribution in [0.3, 0.4) is 0 Å². The summed E-state index contributed by atoms with van der Waals surface area (Å²) in [6, 6.07) is 17.1. The fraction of sp³-hybridized carbons (Fsp3) is 0.400. The Morgan fingerprint density at radius 1 is 0.939 bits per heavy atom. The zero-order valence-electron chi connectivity index (χ0n) is 19.0. The number of hydrogen-bond acceptors (Lipinski definition) is 5. The molecule has 1 saturated heterocycles. The smallest absolute Gasteiger partial charge is 0.404 e. The van der Waals surface area contributed by atoms with Crippen molar-refractivity contribution >= 4 is 17.9 Å². The summed E-state index contributed by atoms with van der Waals surface area (Å²) in [7, 11) is 0. The van der Waals surface area contributed by atoms with Gasteiger partial charge in [0.15, 0.2) is 0 Å². The van der Waals surface area contributed by atoms with Gasteiger partial charge in [0.25, 0.3) is 0 Å². The van der Waals surface area contributed by atoms with Crippen molar-refractivity contribution in [2.45, 2.75) is 39.0 Å². The summed E-state index contributed by atoms with van der Waals surface area (Å²) in [5.41, 5.74) is 7.97. The highest BCUT2D eigenvalue weighted by Gasteiger charge is 2.28. The van der Waals surface area contributed by atoms with Crippen LogP contribution in [-0.2, 0) is 33.9 Å². The number of hydrogen-bond donors (Lipinski definition) is 2. The van der Waals surface area contributed by atoms with E-state index < -0.39 is 12.1 Å². The van der Waals surface area contributed by atoms with Gasteiger partial charge in [0.2, 0.25) is 11.8 Å². The van der Waals surface area contributed by atoms with Gasteiger partial charge in [-0.05, 0) is 16.7 Å². The van der Waals surface area contributed by atoms with Gasteiger partial charge in [-0.15, -0.1) is 0 Å². The molecule has 0 aromatic heterocycles. The molecule has 0 radical (unpaired) electrons. The number of piperazine rings is 1. The molecule has 0 saturated carbocycles. The summed E-state index contributed by atoms with van der Waals surface area (Å²) in [4.78, 5) is 40.3. The Bertz CT molecular complexity index is 925. The Labute approximate surface area is 194 Å². The second-order valence-corrected chi connectivity index (χ2v) is 8.19. The lowest BCUT2D eigenvalue weighted by Gasteiger charge is -2.36. The molecular weight excluding hydrogens is 420 g/mol. The number of ether oxygens (including phenoxy) is 1. The summed E-state index contributed by atoms with van der Waals surface area (Å²) in [5.74, 6) is -0.208. The molecule has 0 bridgehead atoms. The standard InChI is InChI=1S/C25H32N4O4/c1-2-23(30)27-22(16-19-8-10-21(11-9-19)18-33-25(26)32)24(31)29-14-12-28(13-15-29)17-20-6-4-3-5-7-20/h3-11,22H,2,12-18H2,1H3,(H2,26,32)(H,27,30)/t22-/m1/s1. The van der Waals surface area contributed by atoms with Crippen molar-refractivity contribution in [2.24, 2.45) is 5.73 Å². The molecule has 1 fully saturated rings. The first-order valence-electron chi connectivity index (χ1n) is 11.3. The first-order chi connectivity index (χ1) is 15.9. The van der Waals surface area contributed by atoms with Crippen LogP contribution in [0.25, 0.3) is 0 Å². The molecule has 3 rings (SSSR count). The predicted octanol–water partition coefficient (Wildman–Crippen LogP) is 2.06. The van der Waals surface area contributed by atoms with E-state index in [9.17, 15) is 14.4 Å². The highest BCUT2D eigenvalue weighted by molar-refractivity contribution is 5.88. The fourth-order valence-corrected chi connectivity index (χ4v) is 3.85. The number of carbonyl (C=O) groups excluding carboxylic acids is 3. The van der Waals surface area contributed by atoms with Crippen molar-refractivity contribution < 1.29 is 19.1 Å². The first kappa shape index (κ1) is 24.3. The van der Waals surface area contributed by atoms with Gasteiger partial charge in [0.05, 0.1) is 0 Å². The summed E-state index contributed by atoms with van der Waals surface area (Å²) in [5, 5.41) is 2.89. The number of carbonyl (C=O) groups is 3. The molecule has 1 aliphatic rings. The van der Waals surface area contributed by atoms with Crippen LogP contribution in [0.1, 0.15) is 30.0 Å². The number of amides is 3. The minimum Gasteiger partial charge on any atom is -0.445 e. The third-order valence-electron chi connectivity index (χ3n) is 5.73. The number of nitrogens with one attached hydrogen (secondary N) is 1. The monoisotopic (exact) mass is 452 g/mol. The number of primary amides is 1. The van der Waals surface area contributed by atoms with Crippen LogP contribution < -0.4 is 11.1 Å². The number of nitrogens with zero attached hydrogens (tertiary/aromatic N) is 2. The maximum atomic E-state index is 13.3. The summed E-state index contributed by atoms with van der Waals surface area (Å²) in [6.07, 6.45) is -0.111. The van der Waals surface area contributed by atoms with Gasteiger partial charge in [-0.3, -0.25) is 14.5 Å². The molecule has 2 aromatic rings. The average molecular weight is 453 g/mol. The molecular formula is C25H32N4O4. The topological polar surface area (TPSA) is 105 Å². The molecule has 0 aliphatic carbocycles. The van der Waals surface area contributed by atoms with E-state index in [0.717, 1.165) is 30.8 Å². The van der Waals surface area contributed by atoms with Crippen LogP contribution in [0, 0.1) is 0 Å². The second kappa shape index (κ2) is 12.0. The molecule has 8 heteroatoms. The van der Waals surface area contributed by atoms with Crippen molar-refractivity contribution in [3.8, 4) is 0 Å². The second-order valence-electron chi connectivity index (χ2n) is 8.19. The largest absolute Gasteiger partial charge is 0.445 e. The molecule has 33 heavy (non-hydrogen) atoms. The van der Waals surface area contributed by atoms with Crippen LogP contribution in [0.15, 0.2) is 54.6 Å². The lowest BCUT2D eigenvalue weighted by atomic mass is 10.0. The van der Waals surface area contributed by atoms with E-state index >= 15 is 0 Å². The van der Waals surface area contributed by atoms with Gasteiger partial charge >= 0.3 is 6.09 Å². The van der Waals surface area contributed by atoms with E-state index in [0.29, 0.717) is 25.9 Å². The van der Waals surface area contributed by atoms with E-state index in [4.69, 9.17) is 10.5 Å². The Morgan fingerprint density at radius 3 is 2.18 bits per heavy atom. The SMILES string of the molecule is CCC(=O)N[C@H](Cc1ccc(COC(N)=O)cc1)C(=O)N1CCN(Cc2ccccc2)CC1. The number of benzene rings is 2. The van der Waals surface area contributed by atoms with E-state index in [-0.39, 0.29) is 18.4 Å². The molecule has 8 nitrogen and oxygen atoms in total. The van der Waals surface area contributed by atoms with Crippen LogP contribution in [-0.4, -0.2) is 59.9 Å². The minimum absolute atomic E-state index is 0.0581. The molecule has 0 unspecified atom stereocenters. The van der Waals surface area contributed by atoms with Crippen molar-refractivity contribution in [2.75, 3.05) is 26.2 Å². The van der Waals surface area contributed by atoms with Gasteiger partial charge in [-0.1, -0.05) is 61.5 Å².